The minimum absolute atomic E-state index is 0.200. The Balaban J connectivity index is 2.38. The molecule has 2 aromatic heterocycles. The lowest BCUT2D eigenvalue weighted by molar-refractivity contribution is 0.0702. The van der Waals surface area contributed by atoms with Crippen LogP contribution in [0.4, 0.5) is 0 Å². The molecular weight excluding hydrogens is 244 g/mol. The maximum absolute atomic E-state index is 10.6. The van der Waals surface area contributed by atoms with Crippen LogP contribution in [0.25, 0.3) is 10.0 Å². The van der Waals surface area contributed by atoms with Crippen LogP contribution in [0.15, 0.2) is 12.4 Å². The number of aromatic carboxylic acids is 1. The van der Waals surface area contributed by atoms with Gasteiger partial charge in [-0.05, 0) is 0 Å². The normalized spacial score (nSPS) is 10.4. The molecule has 7 heteroatoms. The van der Waals surface area contributed by atoms with Crippen molar-refractivity contribution in [2.45, 2.75) is 0 Å². The lowest BCUT2D eigenvalue weighted by atomic mass is 10.6. The van der Waals surface area contributed by atoms with Gasteiger partial charge in [-0.25, -0.2) is 14.8 Å². The van der Waals surface area contributed by atoms with Gasteiger partial charge in [-0.2, -0.15) is 0 Å². The topological polar surface area (TPSA) is 63.1 Å². The van der Waals surface area contributed by atoms with Crippen molar-refractivity contribution < 1.29 is 9.90 Å². The molecule has 0 aliphatic heterocycles. The number of rotatable bonds is 2. The molecule has 0 fully saturated rings. The third-order valence-corrected chi connectivity index (χ3v) is 3.62. The summed E-state index contributed by atoms with van der Waals surface area (Å²) < 4.78 is 0.562. The van der Waals surface area contributed by atoms with Gasteiger partial charge in [0.1, 0.15) is 9.21 Å². The first-order valence-corrected chi connectivity index (χ1v) is 5.49. The van der Waals surface area contributed by atoms with E-state index in [-0.39, 0.29) is 4.88 Å². The van der Waals surface area contributed by atoms with E-state index in [9.17, 15) is 4.79 Å². The molecule has 2 aromatic rings. The number of nitrogens with zero attached hydrogens (tertiary/aromatic N) is 2. The molecule has 0 aliphatic carbocycles. The zero-order valence-electron chi connectivity index (χ0n) is 6.60. The lowest BCUT2D eigenvalue weighted by Crippen LogP contribution is -1.89. The zero-order chi connectivity index (χ0) is 10.1. The molecule has 0 atom stereocenters. The minimum atomic E-state index is -0.976. The number of hydrogen-bond donors (Lipinski definition) is 1. The lowest BCUT2D eigenvalue weighted by Gasteiger charge is -1.84. The summed E-state index contributed by atoms with van der Waals surface area (Å²) in [6, 6.07) is 0. The van der Waals surface area contributed by atoms with E-state index in [1.54, 1.807) is 0 Å². The molecule has 0 aliphatic rings. The predicted molar refractivity (Wildman–Crippen MR) is 55.2 cm³/mol. The molecule has 14 heavy (non-hydrogen) atoms. The van der Waals surface area contributed by atoms with Gasteiger partial charge < -0.3 is 5.11 Å². The molecule has 0 bridgehead atoms. The fourth-order valence-electron chi connectivity index (χ4n) is 0.825. The molecule has 2 heterocycles. The molecule has 0 amide bonds. The van der Waals surface area contributed by atoms with Gasteiger partial charge in [0.15, 0.2) is 10.0 Å². The highest BCUT2D eigenvalue weighted by Gasteiger charge is 2.12. The summed E-state index contributed by atoms with van der Waals surface area (Å²) in [5.74, 6) is -0.976. The number of carbonyl (C=O) groups is 1. The summed E-state index contributed by atoms with van der Waals surface area (Å²) in [7, 11) is 0. The molecule has 4 nitrogen and oxygen atoms in total. The van der Waals surface area contributed by atoms with E-state index in [2.05, 4.69) is 9.97 Å². The molecule has 72 valence electrons. The summed E-state index contributed by atoms with van der Waals surface area (Å²) >= 11 is 8.06. The Morgan fingerprint density at radius 2 is 1.93 bits per heavy atom. The highest BCUT2D eigenvalue weighted by Crippen LogP contribution is 2.30. The van der Waals surface area contributed by atoms with E-state index < -0.39 is 5.97 Å². The van der Waals surface area contributed by atoms with Gasteiger partial charge >= 0.3 is 5.97 Å². The summed E-state index contributed by atoms with van der Waals surface area (Å²) in [4.78, 5) is 18.7. The molecule has 1 N–H and O–H groups in total. The summed E-state index contributed by atoms with van der Waals surface area (Å²) in [6.07, 6.45) is 2.83. The first kappa shape index (κ1) is 9.57. The van der Waals surface area contributed by atoms with Crippen LogP contribution in [-0.2, 0) is 0 Å². The van der Waals surface area contributed by atoms with Gasteiger partial charge in [0.25, 0.3) is 0 Å². The Labute approximate surface area is 91.8 Å². The largest absolute Gasteiger partial charge is 0.477 e. The maximum Gasteiger partial charge on any atom is 0.347 e. The van der Waals surface area contributed by atoms with Crippen molar-refractivity contribution in [3.05, 3.63) is 21.6 Å². The maximum atomic E-state index is 10.6. The Morgan fingerprint density at radius 3 is 2.43 bits per heavy atom. The van der Waals surface area contributed by atoms with Gasteiger partial charge in [0.05, 0.1) is 12.4 Å². The molecule has 2 rings (SSSR count). The van der Waals surface area contributed by atoms with Crippen molar-refractivity contribution in [2.75, 3.05) is 0 Å². The fourth-order valence-corrected chi connectivity index (χ4v) is 2.53. The molecular formula is C7H3ClN2O2S2. The second-order valence-corrected chi connectivity index (χ2v) is 5.00. The van der Waals surface area contributed by atoms with Crippen molar-refractivity contribution in [1.82, 2.24) is 9.97 Å². The summed E-state index contributed by atoms with van der Waals surface area (Å²) in [5, 5.41) is 9.91. The van der Waals surface area contributed by atoms with Crippen LogP contribution in [0.1, 0.15) is 9.67 Å². The Morgan fingerprint density at radius 1 is 1.29 bits per heavy atom. The van der Waals surface area contributed by atoms with Crippen LogP contribution < -0.4 is 0 Å². The first-order valence-electron chi connectivity index (χ1n) is 3.47. The van der Waals surface area contributed by atoms with Crippen molar-refractivity contribution in [1.29, 1.82) is 0 Å². The molecule has 0 aromatic carbocycles. The highest BCUT2D eigenvalue weighted by atomic mass is 35.5. The van der Waals surface area contributed by atoms with Crippen molar-refractivity contribution in [2.24, 2.45) is 0 Å². The van der Waals surface area contributed by atoms with Gasteiger partial charge in [-0.1, -0.05) is 22.9 Å². The standard InChI is InChI=1S/C7H3ClN2O2S2/c8-4-2-10-6(14-4)5-9-1-3(13-5)7(11)12/h1-2H,(H,11,12). The number of halogens is 1. The van der Waals surface area contributed by atoms with Crippen LogP contribution in [-0.4, -0.2) is 21.0 Å². The molecule has 0 saturated heterocycles. The monoisotopic (exact) mass is 246 g/mol. The minimum Gasteiger partial charge on any atom is -0.477 e. The highest BCUT2D eigenvalue weighted by molar-refractivity contribution is 7.24. The fraction of sp³-hybridized carbons (Fsp3) is 0. The summed E-state index contributed by atoms with van der Waals surface area (Å²) in [5.41, 5.74) is 0. The van der Waals surface area contributed by atoms with E-state index in [0.29, 0.717) is 14.4 Å². The molecule has 0 spiro atoms. The Bertz CT molecular complexity index is 479. The zero-order valence-corrected chi connectivity index (χ0v) is 8.99. The van der Waals surface area contributed by atoms with Crippen LogP contribution >= 0.6 is 34.3 Å². The third-order valence-electron chi connectivity index (χ3n) is 1.38. The number of carboxylic acids is 1. The van der Waals surface area contributed by atoms with Crippen molar-refractivity contribution in [3.63, 3.8) is 0 Å². The van der Waals surface area contributed by atoms with E-state index in [0.717, 1.165) is 11.3 Å². The number of aromatic nitrogens is 2. The quantitative estimate of drug-likeness (QED) is 0.885. The average Bonchev–Trinajstić information content (AvgIpc) is 2.70. The van der Waals surface area contributed by atoms with E-state index in [4.69, 9.17) is 16.7 Å². The van der Waals surface area contributed by atoms with Crippen molar-refractivity contribution >= 4 is 40.2 Å². The van der Waals surface area contributed by atoms with Gasteiger partial charge in [-0.3, -0.25) is 0 Å². The van der Waals surface area contributed by atoms with Gasteiger partial charge in [0.2, 0.25) is 0 Å². The average molecular weight is 247 g/mol. The Hall–Kier alpha value is -0.980. The molecule has 0 unspecified atom stereocenters. The second kappa shape index (κ2) is 3.64. The molecule has 0 radical (unpaired) electrons. The molecule has 0 saturated carbocycles. The van der Waals surface area contributed by atoms with Gasteiger partial charge in [0, 0.05) is 0 Å². The predicted octanol–water partition coefficient (Wildman–Crippen LogP) is 2.62. The number of hydrogen-bond acceptors (Lipinski definition) is 5. The van der Waals surface area contributed by atoms with Crippen LogP contribution in [0.2, 0.25) is 4.34 Å². The smallest absolute Gasteiger partial charge is 0.347 e. The van der Waals surface area contributed by atoms with Gasteiger partial charge in [-0.15, -0.1) is 11.3 Å². The van der Waals surface area contributed by atoms with Crippen LogP contribution in [0.5, 0.6) is 0 Å². The van der Waals surface area contributed by atoms with Crippen molar-refractivity contribution in [3.8, 4) is 10.0 Å². The van der Waals surface area contributed by atoms with Crippen LogP contribution in [0.3, 0.4) is 0 Å². The number of thiazole rings is 2. The van der Waals surface area contributed by atoms with E-state index in [1.807, 2.05) is 0 Å². The second-order valence-electron chi connectivity index (χ2n) is 2.30. The summed E-state index contributed by atoms with van der Waals surface area (Å²) in [6.45, 7) is 0. The van der Waals surface area contributed by atoms with Crippen LogP contribution in [0, 0.1) is 0 Å². The first-order chi connectivity index (χ1) is 6.66. The Kier molecular flexibility index (Phi) is 2.49. The SMILES string of the molecule is O=C(O)c1cnc(-c2ncc(Cl)s2)s1. The van der Waals surface area contributed by atoms with E-state index in [1.165, 1.54) is 23.7 Å². The third kappa shape index (κ3) is 1.77. The number of carboxylic acid groups (broad SMARTS) is 1. The van der Waals surface area contributed by atoms with E-state index >= 15 is 0 Å².